The van der Waals surface area contributed by atoms with E-state index in [1.54, 1.807) is 23.0 Å². The minimum atomic E-state index is -0.386. The van der Waals surface area contributed by atoms with Gasteiger partial charge < -0.3 is 25.5 Å². The molecular formula is C22H24ClN7O3. The SMILES string of the molecule is Cl.Cn1cc2cc(NC(=O)c3coc(-c4ccnc(N)c4)n3)c(N3CCC(O)CC3)cc2n1. The smallest absolute Gasteiger partial charge is 0.277 e. The lowest BCUT2D eigenvalue weighted by Gasteiger charge is -2.32. The number of anilines is 3. The summed E-state index contributed by atoms with van der Waals surface area (Å²) >= 11 is 0. The molecule has 1 fully saturated rings. The van der Waals surface area contributed by atoms with E-state index < -0.39 is 0 Å². The van der Waals surface area contributed by atoms with Crippen molar-refractivity contribution in [3.8, 4) is 11.5 Å². The number of carbonyl (C=O) groups is 1. The minimum absolute atomic E-state index is 0. The number of aryl methyl sites for hydroxylation is 1. The molecule has 4 N–H and O–H groups in total. The predicted molar refractivity (Wildman–Crippen MR) is 128 cm³/mol. The molecule has 0 aliphatic carbocycles. The van der Waals surface area contributed by atoms with Gasteiger partial charge in [0.15, 0.2) is 5.69 Å². The molecule has 0 spiro atoms. The Labute approximate surface area is 195 Å². The first kappa shape index (κ1) is 22.6. The summed E-state index contributed by atoms with van der Waals surface area (Å²) in [4.78, 5) is 23.4. The van der Waals surface area contributed by atoms with Gasteiger partial charge in [-0.3, -0.25) is 9.48 Å². The van der Waals surface area contributed by atoms with Crippen molar-refractivity contribution in [1.82, 2.24) is 19.7 Å². The number of oxazole rings is 1. The van der Waals surface area contributed by atoms with Crippen LogP contribution in [0.2, 0.25) is 0 Å². The second kappa shape index (κ2) is 9.08. The molecule has 1 saturated heterocycles. The number of nitrogens with one attached hydrogen (secondary N) is 1. The normalized spacial score (nSPS) is 14.3. The number of pyridine rings is 1. The maximum Gasteiger partial charge on any atom is 0.277 e. The molecule has 1 aliphatic rings. The van der Waals surface area contributed by atoms with Gasteiger partial charge in [-0.1, -0.05) is 0 Å². The van der Waals surface area contributed by atoms with Gasteiger partial charge in [-0.25, -0.2) is 9.97 Å². The molecule has 3 aromatic heterocycles. The number of carbonyl (C=O) groups excluding carboxylic acids is 1. The highest BCUT2D eigenvalue weighted by Gasteiger charge is 2.22. The second-order valence-corrected chi connectivity index (χ2v) is 7.91. The van der Waals surface area contributed by atoms with E-state index in [1.807, 2.05) is 25.4 Å². The zero-order valence-corrected chi connectivity index (χ0v) is 18.7. The Kier molecular flexibility index (Phi) is 6.21. The van der Waals surface area contributed by atoms with Gasteiger partial charge in [-0.05, 0) is 37.1 Å². The molecule has 10 nitrogen and oxygen atoms in total. The van der Waals surface area contributed by atoms with E-state index in [9.17, 15) is 9.90 Å². The summed E-state index contributed by atoms with van der Waals surface area (Å²) in [6.45, 7) is 1.39. The van der Waals surface area contributed by atoms with Crippen LogP contribution in [0.3, 0.4) is 0 Å². The average molecular weight is 470 g/mol. The Morgan fingerprint density at radius 3 is 2.82 bits per heavy atom. The lowest BCUT2D eigenvalue weighted by atomic mass is 10.1. The molecule has 1 aliphatic heterocycles. The summed E-state index contributed by atoms with van der Waals surface area (Å²) in [6.07, 6.45) is 5.83. The van der Waals surface area contributed by atoms with Crippen molar-refractivity contribution in [1.29, 1.82) is 0 Å². The molecule has 1 aromatic carbocycles. The van der Waals surface area contributed by atoms with Crippen molar-refractivity contribution in [3.05, 3.63) is 48.6 Å². The van der Waals surface area contributed by atoms with Crippen molar-refractivity contribution < 1.29 is 14.3 Å². The number of piperidine rings is 1. The Morgan fingerprint density at radius 1 is 1.27 bits per heavy atom. The fourth-order valence-corrected chi connectivity index (χ4v) is 3.93. The standard InChI is InChI=1S/C22H23N7O3.ClH/c1-28-11-14-8-17(19(10-16(14)27-28)29-6-3-15(30)4-7-29)25-21(31)18-12-32-22(26-18)13-2-5-24-20(23)9-13;/h2,5,8-12,15,30H,3-4,6-7H2,1H3,(H2,23,24)(H,25,31);1H. The number of benzene rings is 1. The van der Waals surface area contributed by atoms with Gasteiger partial charge in [0, 0.05) is 43.5 Å². The summed E-state index contributed by atoms with van der Waals surface area (Å²) in [5, 5.41) is 18.3. The molecule has 5 rings (SSSR count). The topological polar surface area (TPSA) is 135 Å². The molecule has 0 bridgehead atoms. The van der Waals surface area contributed by atoms with Crippen LogP contribution in [0.15, 0.2) is 47.3 Å². The second-order valence-electron chi connectivity index (χ2n) is 7.91. The number of amides is 1. The van der Waals surface area contributed by atoms with E-state index in [4.69, 9.17) is 10.2 Å². The third kappa shape index (κ3) is 4.62. The van der Waals surface area contributed by atoms with Crippen LogP contribution in [0.5, 0.6) is 0 Å². The molecule has 4 aromatic rings. The summed E-state index contributed by atoms with van der Waals surface area (Å²) in [6, 6.07) is 7.22. The van der Waals surface area contributed by atoms with Crippen LogP contribution in [0.25, 0.3) is 22.4 Å². The van der Waals surface area contributed by atoms with E-state index in [0.717, 1.165) is 16.6 Å². The Morgan fingerprint density at radius 2 is 2.06 bits per heavy atom. The van der Waals surface area contributed by atoms with Gasteiger partial charge in [0.2, 0.25) is 5.89 Å². The molecule has 0 radical (unpaired) electrons. The van der Waals surface area contributed by atoms with Gasteiger partial charge >= 0.3 is 0 Å². The first-order chi connectivity index (χ1) is 15.5. The summed E-state index contributed by atoms with van der Waals surface area (Å²) in [5.41, 5.74) is 8.87. The van der Waals surface area contributed by atoms with Crippen LogP contribution in [0, 0.1) is 0 Å². The van der Waals surface area contributed by atoms with Crippen molar-refractivity contribution in [2.24, 2.45) is 7.05 Å². The fraction of sp³-hybridized carbons (Fsp3) is 0.273. The highest BCUT2D eigenvalue weighted by atomic mass is 35.5. The maximum atomic E-state index is 13.0. The predicted octanol–water partition coefficient (Wildman–Crippen LogP) is 2.84. The number of aliphatic hydroxyl groups is 1. The molecule has 11 heteroatoms. The zero-order valence-electron chi connectivity index (χ0n) is 17.9. The Bertz CT molecular complexity index is 1290. The van der Waals surface area contributed by atoms with Crippen molar-refractivity contribution >= 4 is 46.4 Å². The van der Waals surface area contributed by atoms with Gasteiger partial charge in [-0.2, -0.15) is 5.10 Å². The molecular weight excluding hydrogens is 446 g/mol. The van der Waals surface area contributed by atoms with E-state index in [-0.39, 0.29) is 36.0 Å². The Balaban J connectivity index is 0.00000259. The number of rotatable bonds is 4. The number of aromatic nitrogens is 4. The van der Waals surface area contributed by atoms with Crippen LogP contribution in [-0.4, -0.2) is 50.0 Å². The third-order valence-electron chi connectivity index (χ3n) is 5.55. The van der Waals surface area contributed by atoms with Gasteiger partial charge in [0.25, 0.3) is 5.91 Å². The average Bonchev–Trinajstić information content (AvgIpc) is 3.40. The molecule has 172 valence electrons. The maximum absolute atomic E-state index is 13.0. The van der Waals surface area contributed by atoms with Gasteiger partial charge in [0.05, 0.1) is 23.0 Å². The highest BCUT2D eigenvalue weighted by Crippen LogP contribution is 2.33. The third-order valence-corrected chi connectivity index (χ3v) is 5.55. The van der Waals surface area contributed by atoms with Gasteiger partial charge in [0.1, 0.15) is 12.1 Å². The number of nitrogens with zero attached hydrogens (tertiary/aromatic N) is 5. The van der Waals surface area contributed by atoms with Crippen molar-refractivity contribution in [2.75, 3.05) is 29.0 Å². The van der Waals surface area contributed by atoms with E-state index >= 15 is 0 Å². The number of halogens is 1. The lowest BCUT2D eigenvalue weighted by Crippen LogP contribution is -2.36. The molecule has 0 saturated carbocycles. The molecule has 33 heavy (non-hydrogen) atoms. The van der Waals surface area contributed by atoms with Crippen LogP contribution < -0.4 is 16.0 Å². The highest BCUT2D eigenvalue weighted by molar-refractivity contribution is 6.06. The first-order valence-electron chi connectivity index (χ1n) is 10.4. The number of nitrogen functional groups attached to an aromatic ring is 1. The number of fused-ring (bicyclic) bond motifs is 1. The monoisotopic (exact) mass is 469 g/mol. The van der Waals surface area contributed by atoms with Crippen LogP contribution in [0.1, 0.15) is 23.3 Å². The van der Waals surface area contributed by atoms with Crippen molar-refractivity contribution in [2.45, 2.75) is 18.9 Å². The zero-order chi connectivity index (χ0) is 22.2. The first-order valence-corrected chi connectivity index (χ1v) is 10.4. The summed E-state index contributed by atoms with van der Waals surface area (Å²) < 4.78 is 7.23. The van der Waals surface area contributed by atoms with Crippen LogP contribution in [0.4, 0.5) is 17.2 Å². The quantitative estimate of drug-likeness (QED) is 0.415. The van der Waals surface area contributed by atoms with E-state index in [2.05, 4.69) is 25.3 Å². The number of hydrogen-bond donors (Lipinski definition) is 3. The number of nitrogens with two attached hydrogens (primary N) is 1. The molecule has 1 amide bonds. The number of aliphatic hydroxyl groups excluding tert-OH is 1. The largest absolute Gasteiger partial charge is 0.444 e. The fourth-order valence-electron chi connectivity index (χ4n) is 3.93. The summed E-state index contributed by atoms with van der Waals surface area (Å²) in [7, 11) is 1.86. The van der Waals surface area contributed by atoms with Crippen LogP contribution in [-0.2, 0) is 7.05 Å². The van der Waals surface area contributed by atoms with Gasteiger partial charge in [-0.15, -0.1) is 12.4 Å². The Hall–Kier alpha value is -3.63. The molecule has 0 atom stereocenters. The van der Waals surface area contributed by atoms with Crippen LogP contribution >= 0.6 is 12.4 Å². The lowest BCUT2D eigenvalue weighted by molar-refractivity contribution is 0.102. The van der Waals surface area contributed by atoms with E-state index in [0.29, 0.717) is 43.0 Å². The minimum Gasteiger partial charge on any atom is -0.444 e. The van der Waals surface area contributed by atoms with E-state index in [1.165, 1.54) is 6.26 Å². The number of hydrogen-bond acceptors (Lipinski definition) is 8. The molecule has 0 unspecified atom stereocenters. The summed E-state index contributed by atoms with van der Waals surface area (Å²) in [5.74, 6) is 0.244. The molecule has 4 heterocycles. The van der Waals surface area contributed by atoms with Crippen molar-refractivity contribution in [3.63, 3.8) is 0 Å².